The Bertz CT molecular complexity index is 1220. The zero-order chi connectivity index (χ0) is 21.1. The van der Waals surface area contributed by atoms with Crippen LogP contribution in [0, 0.1) is 17.0 Å². The van der Waals surface area contributed by atoms with Crippen LogP contribution in [-0.2, 0) is 0 Å². The number of nitrogens with zero attached hydrogens (tertiary/aromatic N) is 4. The Morgan fingerprint density at radius 1 is 1.07 bits per heavy atom. The number of pyridine rings is 1. The minimum atomic E-state index is -0.473. The molecule has 2 aromatic carbocycles. The van der Waals surface area contributed by atoms with E-state index in [-0.39, 0.29) is 5.69 Å². The number of benzene rings is 2. The molecule has 0 bridgehead atoms. The van der Waals surface area contributed by atoms with Crippen LogP contribution in [0.3, 0.4) is 0 Å². The number of nitrogens with one attached hydrogen (secondary N) is 1. The van der Waals surface area contributed by atoms with Crippen molar-refractivity contribution in [2.75, 3.05) is 5.32 Å². The molecule has 0 spiro atoms. The van der Waals surface area contributed by atoms with E-state index in [1.54, 1.807) is 42.3 Å². The number of amides is 1. The molecule has 4 aromatic rings. The molecule has 8 heteroatoms. The van der Waals surface area contributed by atoms with E-state index in [1.165, 1.54) is 12.1 Å². The largest absolute Gasteiger partial charge is 0.321 e. The van der Waals surface area contributed by atoms with Crippen LogP contribution in [0.1, 0.15) is 15.9 Å². The predicted molar refractivity (Wildman–Crippen MR) is 113 cm³/mol. The first-order valence-corrected chi connectivity index (χ1v) is 9.15. The molecule has 0 aliphatic rings. The smallest absolute Gasteiger partial charge is 0.274 e. The molecule has 1 amide bonds. The van der Waals surface area contributed by atoms with E-state index in [9.17, 15) is 14.9 Å². The summed E-state index contributed by atoms with van der Waals surface area (Å²) in [5.74, 6) is -0.417. The highest BCUT2D eigenvalue weighted by molar-refractivity contribution is 6.08. The molecule has 0 saturated carbocycles. The van der Waals surface area contributed by atoms with Gasteiger partial charge in [0.05, 0.1) is 27.4 Å². The second-order valence-electron chi connectivity index (χ2n) is 6.57. The first-order valence-electron chi connectivity index (χ1n) is 9.15. The third kappa shape index (κ3) is 3.66. The molecule has 148 valence electrons. The number of carbonyl (C=O) groups excluding carboxylic acids is 1. The van der Waals surface area contributed by atoms with Crippen molar-refractivity contribution in [3.8, 4) is 16.9 Å². The molecule has 2 aromatic heterocycles. The molecule has 0 aliphatic carbocycles. The first-order chi connectivity index (χ1) is 14.5. The maximum absolute atomic E-state index is 13.1. The average molecular weight is 399 g/mol. The number of carbonyl (C=O) groups is 1. The van der Waals surface area contributed by atoms with E-state index >= 15 is 0 Å². The summed E-state index contributed by atoms with van der Waals surface area (Å²) in [5.41, 5.74) is 2.99. The summed E-state index contributed by atoms with van der Waals surface area (Å²) in [5, 5.41) is 18.6. The van der Waals surface area contributed by atoms with Gasteiger partial charge in [0.1, 0.15) is 5.69 Å². The van der Waals surface area contributed by atoms with Crippen LogP contribution in [0.25, 0.3) is 16.9 Å². The van der Waals surface area contributed by atoms with E-state index in [4.69, 9.17) is 0 Å². The highest BCUT2D eigenvalue weighted by atomic mass is 16.6. The van der Waals surface area contributed by atoms with Gasteiger partial charge in [0, 0.05) is 30.2 Å². The van der Waals surface area contributed by atoms with E-state index in [2.05, 4.69) is 15.4 Å². The summed E-state index contributed by atoms with van der Waals surface area (Å²) in [6, 6.07) is 17.6. The summed E-state index contributed by atoms with van der Waals surface area (Å²) in [4.78, 5) is 28.0. The molecule has 8 nitrogen and oxygen atoms in total. The summed E-state index contributed by atoms with van der Waals surface area (Å²) >= 11 is 0. The van der Waals surface area contributed by atoms with Crippen molar-refractivity contribution in [3.63, 3.8) is 0 Å². The molecular formula is C22H17N5O3. The lowest BCUT2D eigenvalue weighted by atomic mass is 10.1. The summed E-state index contributed by atoms with van der Waals surface area (Å²) in [6.07, 6.45) is 4.91. The monoisotopic (exact) mass is 399 g/mol. The van der Waals surface area contributed by atoms with E-state index in [1.807, 2.05) is 36.4 Å². The molecule has 0 radical (unpaired) electrons. The van der Waals surface area contributed by atoms with Crippen LogP contribution in [-0.4, -0.2) is 25.6 Å². The minimum Gasteiger partial charge on any atom is -0.321 e. The number of nitro benzene ring substituents is 1. The van der Waals surface area contributed by atoms with Gasteiger partial charge in [0.15, 0.2) is 0 Å². The molecule has 0 atom stereocenters. The van der Waals surface area contributed by atoms with Crippen molar-refractivity contribution in [3.05, 3.63) is 100 Å². The number of aromatic nitrogens is 3. The van der Waals surface area contributed by atoms with Crippen LogP contribution in [0.2, 0.25) is 0 Å². The molecule has 30 heavy (non-hydrogen) atoms. The van der Waals surface area contributed by atoms with Gasteiger partial charge in [-0.25, -0.2) is 4.68 Å². The van der Waals surface area contributed by atoms with Crippen molar-refractivity contribution in [2.45, 2.75) is 6.92 Å². The molecule has 0 saturated heterocycles. The van der Waals surface area contributed by atoms with Gasteiger partial charge in [-0.05, 0) is 37.3 Å². The maximum atomic E-state index is 13.1. The zero-order valence-corrected chi connectivity index (χ0v) is 16.0. The van der Waals surface area contributed by atoms with Crippen LogP contribution >= 0.6 is 0 Å². The van der Waals surface area contributed by atoms with Crippen molar-refractivity contribution < 1.29 is 9.72 Å². The Morgan fingerprint density at radius 3 is 2.57 bits per heavy atom. The van der Waals surface area contributed by atoms with Crippen molar-refractivity contribution in [1.82, 2.24) is 14.8 Å². The minimum absolute atomic E-state index is 0.0553. The Labute approximate surface area is 172 Å². The van der Waals surface area contributed by atoms with Gasteiger partial charge in [-0.2, -0.15) is 5.10 Å². The highest BCUT2D eigenvalue weighted by Crippen LogP contribution is 2.28. The Balaban J connectivity index is 1.76. The SMILES string of the molecule is Cc1c(NC(=O)c2cn(-c3ccccc3)nc2-c2cccnc2)cccc1[N+](=O)[O-]. The second-order valence-corrected chi connectivity index (χ2v) is 6.57. The zero-order valence-electron chi connectivity index (χ0n) is 16.0. The normalized spacial score (nSPS) is 10.6. The van der Waals surface area contributed by atoms with Gasteiger partial charge in [-0.15, -0.1) is 0 Å². The standard InChI is InChI=1S/C22H17N5O3/c1-15-19(10-5-11-20(15)27(29)30)24-22(28)18-14-26(17-8-3-2-4-9-17)25-21(18)16-7-6-12-23-13-16/h2-14H,1H3,(H,24,28). The number of rotatable bonds is 5. The highest BCUT2D eigenvalue weighted by Gasteiger charge is 2.21. The lowest BCUT2D eigenvalue weighted by Gasteiger charge is -2.08. The van der Waals surface area contributed by atoms with Crippen LogP contribution in [0.5, 0.6) is 0 Å². The molecule has 1 N–H and O–H groups in total. The fraction of sp³-hybridized carbons (Fsp3) is 0.0455. The van der Waals surface area contributed by atoms with Gasteiger partial charge < -0.3 is 5.32 Å². The van der Waals surface area contributed by atoms with Crippen molar-refractivity contribution >= 4 is 17.3 Å². The lowest BCUT2D eigenvalue weighted by Crippen LogP contribution is -2.13. The Hall–Kier alpha value is -4.33. The Kier molecular flexibility index (Phi) is 5.04. The van der Waals surface area contributed by atoms with E-state index < -0.39 is 10.8 Å². The van der Waals surface area contributed by atoms with Crippen LogP contribution < -0.4 is 5.32 Å². The van der Waals surface area contributed by atoms with Gasteiger partial charge in [-0.1, -0.05) is 24.3 Å². The molecule has 0 aliphatic heterocycles. The van der Waals surface area contributed by atoms with E-state index in [0.717, 1.165) is 5.69 Å². The number of nitro groups is 1. The number of hydrogen-bond donors (Lipinski definition) is 1. The number of para-hydroxylation sites is 1. The maximum Gasteiger partial charge on any atom is 0.274 e. The quantitative estimate of drug-likeness (QED) is 0.396. The summed E-state index contributed by atoms with van der Waals surface area (Å²) in [6.45, 7) is 1.60. The van der Waals surface area contributed by atoms with Gasteiger partial charge >= 0.3 is 0 Å². The number of anilines is 1. The van der Waals surface area contributed by atoms with Crippen molar-refractivity contribution in [1.29, 1.82) is 0 Å². The summed E-state index contributed by atoms with van der Waals surface area (Å²) < 4.78 is 1.62. The molecule has 2 heterocycles. The Morgan fingerprint density at radius 2 is 1.87 bits per heavy atom. The fourth-order valence-corrected chi connectivity index (χ4v) is 3.12. The van der Waals surface area contributed by atoms with Crippen LogP contribution in [0.4, 0.5) is 11.4 Å². The second kappa shape index (κ2) is 7.96. The van der Waals surface area contributed by atoms with Gasteiger partial charge in [-0.3, -0.25) is 19.9 Å². The first kappa shape index (κ1) is 19.0. The summed E-state index contributed by atoms with van der Waals surface area (Å²) in [7, 11) is 0. The molecule has 0 unspecified atom stereocenters. The van der Waals surface area contributed by atoms with Crippen molar-refractivity contribution in [2.24, 2.45) is 0 Å². The van der Waals surface area contributed by atoms with E-state index in [0.29, 0.717) is 28.1 Å². The topological polar surface area (TPSA) is 103 Å². The number of hydrogen-bond acceptors (Lipinski definition) is 5. The lowest BCUT2D eigenvalue weighted by molar-refractivity contribution is -0.385. The van der Waals surface area contributed by atoms with Gasteiger partial charge in [0.25, 0.3) is 11.6 Å². The predicted octanol–water partition coefficient (Wildman–Crippen LogP) is 4.40. The third-order valence-corrected chi connectivity index (χ3v) is 4.66. The van der Waals surface area contributed by atoms with Crippen LogP contribution in [0.15, 0.2) is 79.3 Å². The molecule has 4 rings (SSSR count). The third-order valence-electron chi connectivity index (χ3n) is 4.66. The van der Waals surface area contributed by atoms with Gasteiger partial charge in [0.2, 0.25) is 0 Å². The fourth-order valence-electron chi connectivity index (χ4n) is 3.12. The average Bonchev–Trinajstić information content (AvgIpc) is 3.22. The molecule has 0 fully saturated rings. The molecular weight excluding hydrogens is 382 g/mol.